The fourth-order valence-corrected chi connectivity index (χ4v) is 6.45. The summed E-state index contributed by atoms with van der Waals surface area (Å²) in [5.41, 5.74) is 0.299. The van der Waals surface area contributed by atoms with Gasteiger partial charge in [-0.3, -0.25) is 0 Å². The van der Waals surface area contributed by atoms with Crippen LogP contribution in [0.25, 0.3) is 0 Å². The summed E-state index contributed by atoms with van der Waals surface area (Å²) in [6.45, 7) is 10.5. The Bertz CT molecular complexity index is 578. The zero-order valence-electron chi connectivity index (χ0n) is 15.8. The molecule has 1 N–H and O–H groups in total. The van der Waals surface area contributed by atoms with Crippen LogP contribution >= 0.6 is 45.2 Å². The molecule has 0 saturated carbocycles. The molecule has 0 amide bonds. The predicted molar refractivity (Wildman–Crippen MR) is 119 cm³/mol. The van der Waals surface area contributed by atoms with Crippen molar-refractivity contribution in [2.75, 3.05) is 0 Å². The number of aliphatic hydroxyl groups excluding tert-OH is 1. The van der Waals surface area contributed by atoms with E-state index in [9.17, 15) is 9.90 Å². The SMILES string of the molecule is C=C1C(=O)O[C@H]2[C@@H](O)[C@H](C)CCC[C@@](C)(I)C3CCC(C)(O3)[C@@H](I)C[C@@H]12. The summed E-state index contributed by atoms with van der Waals surface area (Å²) >= 11 is 5.04. The molecule has 0 aliphatic carbocycles. The maximum atomic E-state index is 12.1. The standard InChI is InChI=1S/C20H30I2O4/c1-11-6-5-8-19(3,22)15-7-9-20(4,26-15)14(21)10-13-12(2)18(24)25-17(13)16(11)23/h11,13-17,23H,2,5-10H2,1,3-4H3/t11-,13+,14+,15?,16+,17-,19-,20?/m1/s1. The average molecular weight is 588 g/mol. The Morgan fingerprint density at radius 3 is 2.65 bits per heavy atom. The molecule has 0 aromatic rings. The van der Waals surface area contributed by atoms with E-state index in [1.165, 1.54) is 0 Å². The van der Waals surface area contributed by atoms with Crippen molar-refractivity contribution in [1.29, 1.82) is 0 Å². The highest BCUT2D eigenvalue weighted by molar-refractivity contribution is 14.1. The van der Waals surface area contributed by atoms with E-state index in [1.807, 2.05) is 0 Å². The summed E-state index contributed by atoms with van der Waals surface area (Å²) in [7, 11) is 0. The monoisotopic (exact) mass is 588 g/mol. The number of rotatable bonds is 0. The number of alkyl halides is 2. The third-order valence-electron chi connectivity index (χ3n) is 6.70. The molecule has 3 aliphatic rings. The van der Waals surface area contributed by atoms with Crippen LogP contribution in [0.4, 0.5) is 0 Å². The van der Waals surface area contributed by atoms with Gasteiger partial charge in [0.2, 0.25) is 0 Å². The highest BCUT2D eigenvalue weighted by Crippen LogP contribution is 2.48. The fraction of sp³-hybridized carbons (Fsp3) is 0.850. The Morgan fingerprint density at radius 1 is 1.27 bits per heavy atom. The van der Waals surface area contributed by atoms with Crippen molar-refractivity contribution in [3.63, 3.8) is 0 Å². The number of carbonyl (C=O) groups is 1. The molecule has 2 bridgehead atoms. The van der Waals surface area contributed by atoms with E-state index in [1.54, 1.807) is 0 Å². The van der Waals surface area contributed by atoms with E-state index in [2.05, 4.69) is 72.5 Å². The lowest BCUT2D eigenvalue weighted by atomic mass is 9.81. The lowest BCUT2D eigenvalue weighted by Crippen LogP contribution is -2.42. The van der Waals surface area contributed by atoms with Gasteiger partial charge < -0.3 is 14.6 Å². The van der Waals surface area contributed by atoms with Gasteiger partial charge in [-0.1, -0.05) is 65.1 Å². The first kappa shape index (κ1) is 21.3. The van der Waals surface area contributed by atoms with Crippen LogP contribution in [0.15, 0.2) is 12.2 Å². The van der Waals surface area contributed by atoms with Crippen molar-refractivity contribution in [3.8, 4) is 0 Å². The molecular formula is C20H30I2O4. The minimum atomic E-state index is -0.640. The average Bonchev–Trinajstić information content (AvgIpc) is 3.10. The molecule has 3 fully saturated rings. The van der Waals surface area contributed by atoms with Gasteiger partial charge in [0.1, 0.15) is 6.10 Å². The maximum absolute atomic E-state index is 12.1. The largest absolute Gasteiger partial charge is 0.456 e. The molecule has 0 spiro atoms. The highest BCUT2D eigenvalue weighted by Gasteiger charge is 2.51. The first-order valence-electron chi connectivity index (χ1n) is 9.64. The highest BCUT2D eigenvalue weighted by atomic mass is 127. The van der Waals surface area contributed by atoms with Crippen LogP contribution < -0.4 is 0 Å². The Morgan fingerprint density at radius 2 is 1.96 bits per heavy atom. The number of halogens is 2. The summed E-state index contributed by atoms with van der Waals surface area (Å²) in [4.78, 5) is 12.1. The molecule has 2 unspecified atom stereocenters. The van der Waals surface area contributed by atoms with E-state index in [0.717, 1.165) is 38.5 Å². The number of hydrogen-bond acceptors (Lipinski definition) is 4. The Balaban J connectivity index is 1.90. The molecular weight excluding hydrogens is 558 g/mol. The minimum Gasteiger partial charge on any atom is -0.456 e. The number of fused-ring (bicyclic) bond motifs is 3. The van der Waals surface area contributed by atoms with Gasteiger partial charge in [-0.25, -0.2) is 4.79 Å². The second-order valence-electron chi connectivity index (χ2n) is 8.80. The van der Waals surface area contributed by atoms with Crippen molar-refractivity contribution in [3.05, 3.63) is 12.2 Å². The number of aliphatic hydroxyl groups is 1. The lowest BCUT2D eigenvalue weighted by molar-refractivity contribution is -0.146. The van der Waals surface area contributed by atoms with Crippen LogP contribution in [0.2, 0.25) is 0 Å². The molecule has 6 heteroatoms. The fourth-order valence-electron chi connectivity index (χ4n) is 4.63. The summed E-state index contributed by atoms with van der Waals surface area (Å²) in [6, 6.07) is 0. The van der Waals surface area contributed by atoms with E-state index < -0.39 is 12.2 Å². The van der Waals surface area contributed by atoms with Gasteiger partial charge in [-0.2, -0.15) is 0 Å². The number of ether oxygens (including phenoxy) is 2. The Kier molecular flexibility index (Phi) is 6.38. The quantitative estimate of drug-likeness (QED) is 0.195. The van der Waals surface area contributed by atoms with E-state index in [0.29, 0.717) is 5.57 Å². The lowest BCUT2D eigenvalue weighted by Gasteiger charge is -2.36. The van der Waals surface area contributed by atoms with Gasteiger partial charge >= 0.3 is 5.97 Å². The van der Waals surface area contributed by atoms with Crippen LogP contribution in [0.5, 0.6) is 0 Å². The Labute approximate surface area is 184 Å². The third-order valence-corrected chi connectivity index (χ3v) is 9.76. The third kappa shape index (κ3) is 3.99. The summed E-state index contributed by atoms with van der Waals surface area (Å²) in [5.74, 6) is -0.388. The van der Waals surface area contributed by atoms with Crippen molar-refractivity contribution < 1.29 is 19.4 Å². The van der Waals surface area contributed by atoms with Crippen LogP contribution in [0, 0.1) is 11.8 Å². The van der Waals surface area contributed by atoms with Gasteiger partial charge in [0.25, 0.3) is 0 Å². The van der Waals surface area contributed by atoms with E-state index >= 15 is 0 Å². The van der Waals surface area contributed by atoms with Crippen molar-refractivity contribution in [2.45, 2.75) is 90.6 Å². The number of carbonyl (C=O) groups excluding carboxylic acids is 1. The first-order chi connectivity index (χ1) is 12.0. The van der Waals surface area contributed by atoms with Crippen LogP contribution in [-0.2, 0) is 14.3 Å². The maximum Gasteiger partial charge on any atom is 0.334 e. The zero-order valence-corrected chi connectivity index (χ0v) is 20.2. The van der Waals surface area contributed by atoms with Crippen molar-refractivity contribution in [2.24, 2.45) is 11.8 Å². The molecule has 0 aromatic heterocycles. The van der Waals surface area contributed by atoms with Crippen LogP contribution in [-0.4, -0.2) is 42.3 Å². The molecule has 3 rings (SSSR count). The summed E-state index contributed by atoms with van der Waals surface area (Å²) < 4.78 is 12.5. The second kappa shape index (κ2) is 7.78. The molecule has 0 aromatic carbocycles. The molecule has 3 heterocycles. The molecule has 4 nitrogen and oxygen atoms in total. The second-order valence-corrected chi connectivity index (χ2v) is 12.8. The molecule has 3 aliphatic heterocycles. The molecule has 0 radical (unpaired) electrons. The molecule has 148 valence electrons. The molecule has 26 heavy (non-hydrogen) atoms. The van der Waals surface area contributed by atoms with Gasteiger partial charge in [-0.15, -0.1) is 0 Å². The summed E-state index contributed by atoms with van der Waals surface area (Å²) in [6.07, 6.45) is 5.03. The number of hydrogen-bond donors (Lipinski definition) is 1. The van der Waals surface area contributed by atoms with Crippen molar-refractivity contribution >= 4 is 51.2 Å². The summed E-state index contributed by atoms with van der Waals surface area (Å²) in [5, 5.41) is 10.9. The van der Waals surface area contributed by atoms with Crippen LogP contribution in [0.3, 0.4) is 0 Å². The van der Waals surface area contributed by atoms with Crippen molar-refractivity contribution in [1.82, 2.24) is 0 Å². The van der Waals surface area contributed by atoms with Gasteiger partial charge in [0, 0.05) is 18.8 Å². The number of esters is 1. The van der Waals surface area contributed by atoms with E-state index in [4.69, 9.17) is 9.47 Å². The minimum absolute atomic E-state index is 0.0931. The normalized spacial score (nSPS) is 50.4. The molecule has 8 atom stereocenters. The first-order valence-corrected chi connectivity index (χ1v) is 12.0. The zero-order chi connectivity index (χ0) is 19.3. The van der Waals surface area contributed by atoms with E-state index in [-0.39, 0.29) is 36.9 Å². The smallest absolute Gasteiger partial charge is 0.334 e. The van der Waals surface area contributed by atoms with Gasteiger partial charge in [0.15, 0.2) is 0 Å². The predicted octanol–water partition coefficient (Wildman–Crippen LogP) is 4.59. The Hall–Kier alpha value is 0.590. The van der Waals surface area contributed by atoms with Gasteiger partial charge in [-0.05, 0) is 51.9 Å². The van der Waals surface area contributed by atoms with Gasteiger partial charge in [0.05, 0.1) is 17.8 Å². The molecule has 3 saturated heterocycles. The topological polar surface area (TPSA) is 55.8 Å². The van der Waals surface area contributed by atoms with Crippen LogP contribution in [0.1, 0.15) is 59.3 Å².